The number of amides is 2. The molecule has 0 aromatic heterocycles. The van der Waals surface area contributed by atoms with Gasteiger partial charge in [0.15, 0.2) is 0 Å². The topological polar surface area (TPSA) is 107 Å². The smallest absolute Gasteiger partial charge is 0.488 e. The molecule has 2 amide bonds. The molecule has 40 heavy (non-hydrogen) atoms. The van der Waals surface area contributed by atoms with Crippen LogP contribution in [0, 0.1) is 17.8 Å². The molecular formula is C32H38BNO6. The van der Waals surface area contributed by atoms with Crippen molar-refractivity contribution in [2.24, 2.45) is 17.8 Å². The average Bonchev–Trinajstić information content (AvgIpc) is 3.47. The van der Waals surface area contributed by atoms with Gasteiger partial charge in [0.1, 0.15) is 5.75 Å². The van der Waals surface area contributed by atoms with Crippen molar-refractivity contribution in [1.82, 2.24) is 0 Å². The van der Waals surface area contributed by atoms with Gasteiger partial charge in [-0.1, -0.05) is 68.2 Å². The summed E-state index contributed by atoms with van der Waals surface area (Å²) in [5.41, 5.74) is 5.50. The van der Waals surface area contributed by atoms with E-state index < -0.39 is 19.0 Å². The quantitative estimate of drug-likeness (QED) is 0.234. The Hall–Kier alpha value is -3.20. The molecule has 3 aliphatic rings. The number of anilines is 1. The first-order chi connectivity index (χ1) is 19.3. The molecule has 0 radical (unpaired) electrons. The summed E-state index contributed by atoms with van der Waals surface area (Å²) in [4.78, 5) is 28.7. The summed E-state index contributed by atoms with van der Waals surface area (Å²) in [6, 6.07) is 13.6. The molecule has 2 aromatic carbocycles. The lowest BCUT2D eigenvalue weighted by Crippen LogP contribution is -2.35. The molecular weight excluding hydrogens is 505 g/mol. The van der Waals surface area contributed by atoms with Gasteiger partial charge in [-0.25, -0.2) is 0 Å². The third kappa shape index (κ3) is 5.53. The molecule has 2 heterocycles. The first-order valence-electron chi connectivity index (χ1n) is 14.5. The number of hydrogen-bond donors (Lipinski definition) is 3. The number of carbonyl (C=O) groups is 2. The van der Waals surface area contributed by atoms with E-state index in [2.05, 4.69) is 19.9 Å². The highest BCUT2D eigenvalue weighted by molar-refractivity contribution is 6.58. The van der Waals surface area contributed by atoms with Crippen LogP contribution in [0.1, 0.15) is 64.4 Å². The van der Waals surface area contributed by atoms with E-state index in [0.29, 0.717) is 18.7 Å². The van der Waals surface area contributed by atoms with Crippen molar-refractivity contribution in [2.45, 2.75) is 64.9 Å². The van der Waals surface area contributed by atoms with E-state index in [0.717, 1.165) is 44.1 Å². The fourth-order valence-electron chi connectivity index (χ4n) is 6.80. The van der Waals surface area contributed by atoms with Crippen molar-refractivity contribution in [3.63, 3.8) is 0 Å². The summed E-state index contributed by atoms with van der Waals surface area (Å²) in [6.07, 6.45) is 8.24. The number of nitrogens with zero attached hydrogens (tertiary/aromatic N) is 1. The second kappa shape index (κ2) is 12.1. The van der Waals surface area contributed by atoms with Gasteiger partial charge in [0.2, 0.25) is 11.8 Å². The predicted octanol–water partition coefficient (Wildman–Crippen LogP) is 4.36. The maximum absolute atomic E-state index is 13.8. The Balaban J connectivity index is 1.38. The molecule has 0 spiro atoms. The highest BCUT2D eigenvalue weighted by Crippen LogP contribution is 2.51. The van der Waals surface area contributed by atoms with Crippen LogP contribution in [0.5, 0.6) is 5.75 Å². The standard InChI is InChI=1S/C32H38BNO6/c1-3-6-20(16-21-10-13-25(35)14-11-21)12-15-28-29-22(7-4-2)17-26-30(27(29)19-40-28)32(37)34(31(26)36)24-9-5-8-23(18-24)33(38)39/h5,8-11,13-14,16,18,26-28,30,35,38-39H,3-4,6-7,12,15,17,19H2,1-2H3/b20-16+/t26-,27+,28-,30-/m1/s1. The SMILES string of the molecule is CCCC1=C2[C@@H](CC/C(=C/c3ccc(O)cc3)CCC)OC[C@@H]2[C@@H]2C(=O)N(c3cccc(B(O)O)c3)C(=O)[C@@H]2C1. The third-order valence-corrected chi connectivity index (χ3v) is 8.55. The van der Waals surface area contributed by atoms with Crippen molar-refractivity contribution >= 4 is 36.2 Å². The van der Waals surface area contributed by atoms with Crippen LogP contribution in [0.2, 0.25) is 0 Å². The van der Waals surface area contributed by atoms with Crippen LogP contribution in [-0.2, 0) is 14.3 Å². The van der Waals surface area contributed by atoms with Gasteiger partial charge in [-0.3, -0.25) is 14.5 Å². The highest BCUT2D eigenvalue weighted by atomic mass is 16.5. The number of phenols is 1. The van der Waals surface area contributed by atoms with E-state index in [1.54, 1.807) is 30.3 Å². The number of phenolic OH excluding ortho intramolecular Hbond substituents is 1. The Bertz CT molecular complexity index is 1320. The van der Waals surface area contributed by atoms with Gasteiger partial charge >= 0.3 is 7.12 Å². The van der Waals surface area contributed by atoms with Crippen molar-refractivity contribution in [1.29, 1.82) is 0 Å². The Labute approximate surface area is 236 Å². The lowest BCUT2D eigenvalue weighted by Gasteiger charge is -2.32. The molecule has 5 rings (SSSR count). The minimum absolute atomic E-state index is 0.0719. The zero-order chi connectivity index (χ0) is 28.4. The second-order valence-electron chi connectivity index (χ2n) is 11.2. The molecule has 1 aliphatic carbocycles. The Morgan fingerprint density at radius 1 is 1.02 bits per heavy atom. The monoisotopic (exact) mass is 543 g/mol. The minimum Gasteiger partial charge on any atom is -0.508 e. The molecule has 4 atom stereocenters. The average molecular weight is 543 g/mol. The summed E-state index contributed by atoms with van der Waals surface area (Å²) in [6.45, 7) is 4.74. The minimum atomic E-state index is -1.68. The van der Waals surface area contributed by atoms with Crippen LogP contribution in [0.4, 0.5) is 5.69 Å². The Morgan fingerprint density at radius 3 is 2.50 bits per heavy atom. The molecule has 2 fully saturated rings. The molecule has 7 nitrogen and oxygen atoms in total. The summed E-state index contributed by atoms with van der Waals surface area (Å²) in [5, 5.41) is 28.9. The van der Waals surface area contributed by atoms with E-state index >= 15 is 0 Å². The molecule has 2 saturated heterocycles. The van der Waals surface area contributed by atoms with Crippen molar-refractivity contribution in [3.05, 3.63) is 70.8 Å². The van der Waals surface area contributed by atoms with Crippen LogP contribution in [0.25, 0.3) is 6.08 Å². The fraction of sp³-hybridized carbons (Fsp3) is 0.438. The summed E-state index contributed by atoms with van der Waals surface area (Å²) in [5.74, 6) is -1.17. The van der Waals surface area contributed by atoms with Gasteiger partial charge in [0.25, 0.3) is 0 Å². The van der Waals surface area contributed by atoms with Gasteiger partial charge in [0, 0.05) is 5.92 Å². The number of carbonyl (C=O) groups excluding carboxylic acids is 2. The van der Waals surface area contributed by atoms with Crippen LogP contribution < -0.4 is 10.4 Å². The molecule has 0 unspecified atom stereocenters. The van der Waals surface area contributed by atoms with E-state index in [1.165, 1.54) is 27.7 Å². The van der Waals surface area contributed by atoms with Crippen molar-refractivity contribution in [3.8, 4) is 5.75 Å². The van der Waals surface area contributed by atoms with Crippen LogP contribution >= 0.6 is 0 Å². The predicted molar refractivity (Wildman–Crippen MR) is 156 cm³/mol. The summed E-state index contributed by atoms with van der Waals surface area (Å²) < 4.78 is 6.39. The van der Waals surface area contributed by atoms with Gasteiger partial charge in [-0.2, -0.15) is 0 Å². The van der Waals surface area contributed by atoms with Gasteiger partial charge in [0.05, 0.1) is 30.2 Å². The number of aromatic hydroxyl groups is 1. The van der Waals surface area contributed by atoms with E-state index in [-0.39, 0.29) is 35.0 Å². The number of benzene rings is 2. The lowest BCUT2D eigenvalue weighted by molar-refractivity contribution is -0.122. The lowest BCUT2D eigenvalue weighted by atomic mass is 9.68. The number of allylic oxidation sites excluding steroid dienone is 2. The maximum Gasteiger partial charge on any atom is 0.488 e. The number of fused-ring (bicyclic) bond motifs is 3. The summed E-state index contributed by atoms with van der Waals surface area (Å²) in [7, 11) is -1.68. The van der Waals surface area contributed by atoms with Gasteiger partial charge in [-0.15, -0.1) is 0 Å². The summed E-state index contributed by atoms with van der Waals surface area (Å²) >= 11 is 0. The zero-order valence-corrected chi connectivity index (χ0v) is 23.3. The third-order valence-electron chi connectivity index (χ3n) is 8.55. The molecule has 210 valence electrons. The van der Waals surface area contributed by atoms with Crippen LogP contribution in [0.15, 0.2) is 65.3 Å². The molecule has 2 aromatic rings. The van der Waals surface area contributed by atoms with Gasteiger partial charge < -0.3 is 19.9 Å². The van der Waals surface area contributed by atoms with E-state index in [4.69, 9.17) is 4.74 Å². The number of imide groups is 1. The maximum atomic E-state index is 13.8. The molecule has 2 aliphatic heterocycles. The first kappa shape index (κ1) is 28.3. The van der Waals surface area contributed by atoms with Crippen molar-refractivity contribution < 1.29 is 29.5 Å². The Kier molecular flexibility index (Phi) is 8.59. The first-order valence-corrected chi connectivity index (χ1v) is 14.5. The molecule has 3 N–H and O–H groups in total. The molecule has 0 bridgehead atoms. The number of hydrogen-bond acceptors (Lipinski definition) is 6. The molecule has 8 heteroatoms. The number of ether oxygens (including phenoxy) is 1. The number of rotatable bonds is 10. The van der Waals surface area contributed by atoms with Gasteiger partial charge in [-0.05, 0) is 73.0 Å². The van der Waals surface area contributed by atoms with E-state index in [1.807, 2.05) is 12.1 Å². The molecule has 0 saturated carbocycles. The Morgan fingerprint density at radius 2 is 1.80 bits per heavy atom. The second-order valence-corrected chi connectivity index (χ2v) is 11.2. The zero-order valence-electron chi connectivity index (χ0n) is 23.3. The van der Waals surface area contributed by atoms with Crippen LogP contribution in [0.3, 0.4) is 0 Å². The van der Waals surface area contributed by atoms with Crippen molar-refractivity contribution in [2.75, 3.05) is 11.5 Å². The largest absolute Gasteiger partial charge is 0.508 e. The normalized spacial score (nSPS) is 24.5. The van der Waals surface area contributed by atoms with E-state index in [9.17, 15) is 24.7 Å². The highest BCUT2D eigenvalue weighted by Gasteiger charge is 2.57. The van der Waals surface area contributed by atoms with Crippen LogP contribution in [-0.4, -0.2) is 46.8 Å². The fourth-order valence-corrected chi connectivity index (χ4v) is 6.80.